The zero-order valence-corrected chi connectivity index (χ0v) is 15.0. The summed E-state index contributed by atoms with van der Waals surface area (Å²) in [4.78, 5) is 19.5. The van der Waals surface area contributed by atoms with E-state index < -0.39 is 12.6 Å². The van der Waals surface area contributed by atoms with Gasteiger partial charge < -0.3 is 15.2 Å². The molecule has 0 bridgehead atoms. The number of aromatic nitrogens is 2. The molecule has 0 atom stereocenters. The number of anilines is 1. The monoisotopic (exact) mass is 343 g/mol. The van der Waals surface area contributed by atoms with Crippen molar-refractivity contribution in [3.63, 3.8) is 0 Å². The van der Waals surface area contributed by atoms with Gasteiger partial charge in [-0.25, -0.2) is 9.78 Å². The first-order valence-corrected chi connectivity index (χ1v) is 8.36. The first-order chi connectivity index (χ1) is 11.8. The van der Waals surface area contributed by atoms with Gasteiger partial charge >= 0.3 is 5.97 Å². The molecule has 134 valence electrons. The minimum absolute atomic E-state index is 0.190. The Hall–Kier alpha value is -2.63. The van der Waals surface area contributed by atoms with Crippen molar-refractivity contribution in [1.82, 2.24) is 9.97 Å². The van der Waals surface area contributed by atoms with E-state index in [2.05, 4.69) is 27.4 Å². The number of nitrogens with zero attached hydrogens (tertiary/aromatic N) is 2. The van der Waals surface area contributed by atoms with Gasteiger partial charge in [0, 0.05) is 18.0 Å². The van der Waals surface area contributed by atoms with Crippen molar-refractivity contribution in [1.29, 1.82) is 0 Å². The number of rotatable bonds is 8. The maximum absolute atomic E-state index is 10.7. The summed E-state index contributed by atoms with van der Waals surface area (Å²) in [6, 6.07) is 12.0. The molecule has 2 N–H and O–H groups in total. The molecular formula is C19H25N3O3. The largest absolute Gasteiger partial charge is 0.479 e. The van der Waals surface area contributed by atoms with Crippen molar-refractivity contribution in [2.45, 2.75) is 39.0 Å². The normalized spacial score (nSPS) is 11.2. The SMILES string of the molecule is CC(C)(C)c1cc(OCC(=O)O)nc(NCCCc2ccccc2)n1. The molecule has 1 aromatic heterocycles. The Bertz CT molecular complexity index is 697. The van der Waals surface area contributed by atoms with Crippen molar-refractivity contribution in [2.75, 3.05) is 18.5 Å². The van der Waals surface area contributed by atoms with Crippen molar-refractivity contribution < 1.29 is 14.6 Å². The minimum Gasteiger partial charge on any atom is -0.479 e. The standard InChI is InChI=1S/C19H25N3O3/c1-19(2,3)15-12-16(25-13-17(23)24)22-18(21-15)20-11-7-10-14-8-5-4-6-9-14/h4-6,8-9,12H,7,10-11,13H2,1-3H3,(H,23,24)(H,20,21,22). The Balaban J connectivity index is 2.00. The average molecular weight is 343 g/mol. The highest BCUT2D eigenvalue weighted by atomic mass is 16.5. The van der Waals surface area contributed by atoms with E-state index >= 15 is 0 Å². The number of ether oxygens (including phenoxy) is 1. The van der Waals surface area contributed by atoms with Gasteiger partial charge in [0.15, 0.2) is 6.61 Å². The number of nitrogens with one attached hydrogen (secondary N) is 1. The van der Waals surface area contributed by atoms with Crippen LogP contribution in [0, 0.1) is 0 Å². The third-order valence-corrected chi connectivity index (χ3v) is 3.58. The number of aliphatic carboxylic acids is 1. The molecule has 0 saturated carbocycles. The highest BCUT2D eigenvalue weighted by Gasteiger charge is 2.18. The Morgan fingerprint density at radius 3 is 2.56 bits per heavy atom. The highest BCUT2D eigenvalue weighted by Crippen LogP contribution is 2.24. The van der Waals surface area contributed by atoms with Crippen molar-refractivity contribution >= 4 is 11.9 Å². The molecule has 0 aliphatic carbocycles. The fourth-order valence-corrected chi connectivity index (χ4v) is 2.24. The van der Waals surface area contributed by atoms with Gasteiger partial charge in [0.25, 0.3) is 0 Å². The molecule has 6 heteroatoms. The molecule has 0 spiro atoms. The van der Waals surface area contributed by atoms with Gasteiger partial charge in [-0.3, -0.25) is 0 Å². The molecule has 0 aliphatic heterocycles. The fraction of sp³-hybridized carbons (Fsp3) is 0.421. The van der Waals surface area contributed by atoms with Crippen LogP contribution in [0.25, 0.3) is 0 Å². The van der Waals surface area contributed by atoms with E-state index in [1.54, 1.807) is 6.07 Å². The number of carboxylic acid groups (broad SMARTS) is 1. The van der Waals surface area contributed by atoms with Crippen LogP contribution < -0.4 is 10.1 Å². The zero-order valence-electron chi connectivity index (χ0n) is 15.0. The Kier molecular flexibility index (Phi) is 6.33. The number of hydrogen-bond acceptors (Lipinski definition) is 5. The van der Waals surface area contributed by atoms with Gasteiger partial charge in [-0.1, -0.05) is 51.1 Å². The van der Waals surface area contributed by atoms with Gasteiger partial charge in [0.1, 0.15) is 0 Å². The average Bonchev–Trinajstić information content (AvgIpc) is 2.57. The van der Waals surface area contributed by atoms with Crippen molar-refractivity contribution in [3.05, 3.63) is 47.7 Å². The van der Waals surface area contributed by atoms with Gasteiger partial charge in [-0.15, -0.1) is 0 Å². The second-order valence-corrected chi connectivity index (χ2v) is 6.86. The second-order valence-electron chi connectivity index (χ2n) is 6.86. The van der Waals surface area contributed by atoms with Crippen LogP contribution in [0.2, 0.25) is 0 Å². The summed E-state index contributed by atoms with van der Waals surface area (Å²) >= 11 is 0. The van der Waals surface area contributed by atoms with Crippen LogP contribution >= 0.6 is 0 Å². The number of carbonyl (C=O) groups is 1. The van der Waals surface area contributed by atoms with Crippen molar-refractivity contribution in [2.24, 2.45) is 0 Å². The first-order valence-electron chi connectivity index (χ1n) is 8.36. The van der Waals surface area contributed by atoms with Crippen LogP contribution in [0.15, 0.2) is 36.4 Å². The molecular weight excluding hydrogens is 318 g/mol. The maximum atomic E-state index is 10.7. The predicted octanol–water partition coefficient (Wildman–Crippen LogP) is 3.28. The summed E-state index contributed by atoms with van der Waals surface area (Å²) in [5.74, 6) is -0.304. The van der Waals surface area contributed by atoms with Crippen LogP contribution in [-0.4, -0.2) is 34.2 Å². The predicted molar refractivity (Wildman–Crippen MR) is 97.1 cm³/mol. The Morgan fingerprint density at radius 1 is 1.20 bits per heavy atom. The fourth-order valence-electron chi connectivity index (χ4n) is 2.24. The summed E-state index contributed by atoms with van der Waals surface area (Å²) in [5.41, 5.74) is 1.90. The molecule has 0 radical (unpaired) electrons. The molecule has 1 aromatic carbocycles. The van der Waals surface area contributed by atoms with Gasteiger partial charge in [0.05, 0.1) is 5.69 Å². The zero-order chi connectivity index (χ0) is 18.3. The van der Waals surface area contributed by atoms with Crippen LogP contribution in [0.1, 0.15) is 38.4 Å². The molecule has 2 rings (SSSR count). The summed E-state index contributed by atoms with van der Waals surface area (Å²) in [6.07, 6.45) is 1.91. The molecule has 0 fully saturated rings. The number of benzene rings is 1. The van der Waals surface area contributed by atoms with E-state index in [1.165, 1.54) is 5.56 Å². The lowest BCUT2D eigenvalue weighted by molar-refractivity contribution is -0.139. The van der Waals surface area contributed by atoms with Crippen LogP contribution in [0.3, 0.4) is 0 Å². The van der Waals surface area contributed by atoms with E-state index in [0.717, 1.165) is 25.1 Å². The van der Waals surface area contributed by atoms with E-state index in [4.69, 9.17) is 9.84 Å². The Morgan fingerprint density at radius 2 is 1.92 bits per heavy atom. The molecule has 25 heavy (non-hydrogen) atoms. The molecule has 0 amide bonds. The number of carboxylic acids is 1. The van der Waals surface area contributed by atoms with E-state index in [0.29, 0.717) is 5.95 Å². The lowest BCUT2D eigenvalue weighted by Crippen LogP contribution is -2.18. The van der Waals surface area contributed by atoms with E-state index in [9.17, 15) is 4.79 Å². The third kappa shape index (κ3) is 6.41. The first kappa shape index (κ1) is 18.7. The quantitative estimate of drug-likeness (QED) is 0.716. The molecule has 2 aromatic rings. The topological polar surface area (TPSA) is 84.3 Å². The van der Waals surface area contributed by atoms with Crippen LogP contribution in [-0.2, 0) is 16.6 Å². The summed E-state index contributed by atoms with van der Waals surface area (Å²) in [7, 11) is 0. The smallest absolute Gasteiger partial charge is 0.341 e. The molecule has 0 aliphatic rings. The number of aryl methyl sites for hydroxylation is 1. The van der Waals surface area contributed by atoms with Crippen LogP contribution in [0.5, 0.6) is 5.88 Å². The molecule has 0 unspecified atom stereocenters. The van der Waals surface area contributed by atoms with Gasteiger partial charge in [-0.05, 0) is 18.4 Å². The molecule has 6 nitrogen and oxygen atoms in total. The van der Waals surface area contributed by atoms with Gasteiger partial charge in [-0.2, -0.15) is 4.98 Å². The minimum atomic E-state index is -1.03. The van der Waals surface area contributed by atoms with E-state index in [-0.39, 0.29) is 11.3 Å². The van der Waals surface area contributed by atoms with Crippen molar-refractivity contribution in [3.8, 4) is 5.88 Å². The summed E-state index contributed by atoms with van der Waals surface area (Å²) < 4.78 is 5.23. The van der Waals surface area contributed by atoms with Crippen LogP contribution in [0.4, 0.5) is 5.95 Å². The third-order valence-electron chi connectivity index (χ3n) is 3.58. The number of hydrogen-bond donors (Lipinski definition) is 2. The maximum Gasteiger partial charge on any atom is 0.341 e. The Labute approximate surface area is 148 Å². The summed E-state index contributed by atoms with van der Waals surface area (Å²) in [5, 5.41) is 12.0. The molecule has 1 heterocycles. The van der Waals surface area contributed by atoms with E-state index in [1.807, 2.05) is 39.0 Å². The summed E-state index contributed by atoms with van der Waals surface area (Å²) in [6.45, 7) is 6.41. The van der Waals surface area contributed by atoms with Gasteiger partial charge in [0.2, 0.25) is 11.8 Å². The molecule has 0 saturated heterocycles. The second kappa shape index (κ2) is 8.46. The lowest BCUT2D eigenvalue weighted by Gasteiger charge is -2.19. The lowest BCUT2D eigenvalue weighted by atomic mass is 9.92. The highest BCUT2D eigenvalue weighted by molar-refractivity contribution is 5.68.